The summed E-state index contributed by atoms with van der Waals surface area (Å²) in [6.45, 7) is 0.589. The van der Waals surface area contributed by atoms with E-state index in [0.29, 0.717) is 18.1 Å². The van der Waals surface area contributed by atoms with Gasteiger partial charge in [0.2, 0.25) is 5.91 Å². The van der Waals surface area contributed by atoms with E-state index in [1.54, 1.807) is 12.1 Å². The summed E-state index contributed by atoms with van der Waals surface area (Å²) in [6.07, 6.45) is 3.25. The second-order valence-electron chi connectivity index (χ2n) is 5.35. The zero-order chi connectivity index (χ0) is 17.3. The van der Waals surface area contributed by atoms with Crippen LogP contribution >= 0.6 is 0 Å². The molecular formula is C20H18N2O3. The molecule has 0 radical (unpaired) electrons. The molecule has 0 bridgehead atoms. The topological polar surface area (TPSA) is 64.4 Å². The first-order valence-electron chi connectivity index (χ1n) is 7.93. The van der Waals surface area contributed by atoms with Gasteiger partial charge < -0.3 is 14.6 Å². The Kier molecular flexibility index (Phi) is 5.61. The third kappa shape index (κ3) is 5.35. The molecule has 0 saturated heterocycles. The monoisotopic (exact) mass is 334 g/mol. The molecule has 0 atom stereocenters. The number of nitrogens with zero attached hydrogens (tertiary/aromatic N) is 1. The van der Waals surface area contributed by atoms with Crippen molar-refractivity contribution in [3.05, 3.63) is 89.8 Å². The summed E-state index contributed by atoms with van der Waals surface area (Å²) >= 11 is 0. The molecule has 0 aliphatic heterocycles. The summed E-state index contributed by atoms with van der Waals surface area (Å²) in [5.41, 5.74) is 1.64. The minimum Gasteiger partial charge on any atom is -0.487 e. The second kappa shape index (κ2) is 8.49. The molecule has 1 N–H and O–H groups in total. The smallest absolute Gasteiger partial charge is 0.244 e. The highest BCUT2D eigenvalue weighted by Gasteiger charge is 2.06. The van der Waals surface area contributed by atoms with E-state index < -0.39 is 0 Å². The molecule has 0 fully saturated rings. The highest BCUT2D eigenvalue weighted by molar-refractivity contribution is 5.91. The lowest BCUT2D eigenvalue weighted by Gasteiger charge is -2.01. The van der Waals surface area contributed by atoms with Gasteiger partial charge in [0.25, 0.3) is 0 Å². The quantitative estimate of drug-likeness (QED) is 0.671. The van der Waals surface area contributed by atoms with Crippen LogP contribution in [0, 0.1) is 0 Å². The number of carbonyl (C=O) groups is 1. The maximum atomic E-state index is 11.8. The maximum Gasteiger partial charge on any atom is 0.244 e. The number of amides is 1. The predicted octanol–water partition coefficient (Wildman–Crippen LogP) is 3.58. The summed E-state index contributed by atoms with van der Waals surface area (Å²) in [6, 6.07) is 20.9. The number of ether oxygens (including phenoxy) is 1. The second-order valence-corrected chi connectivity index (χ2v) is 5.35. The van der Waals surface area contributed by atoms with Gasteiger partial charge in [-0.15, -0.1) is 0 Å². The van der Waals surface area contributed by atoms with E-state index in [-0.39, 0.29) is 12.5 Å². The molecule has 0 aliphatic rings. The van der Waals surface area contributed by atoms with Gasteiger partial charge in [-0.25, -0.2) is 0 Å². The Labute approximate surface area is 145 Å². The Bertz CT molecular complexity index is 826. The van der Waals surface area contributed by atoms with E-state index in [1.807, 2.05) is 60.7 Å². The first kappa shape index (κ1) is 16.5. The third-order valence-corrected chi connectivity index (χ3v) is 3.40. The van der Waals surface area contributed by atoms with E-state index in [9.17, 15) is 4.79 Å². The van der Waals surface area contributed by atoms with Crippen LogP contribution in [0.5, 0.6) is 5.75 Å². The Morgan fingerprint density at radius 3 is 2.56 bits per heavy atom. The molecule has 1 aromatic heterocycles. The summed E-state index contributed by atoms with van der Waals surface area (Å²) in [4.78, 5) is 11.8. The number of aromatic nitrogens is 1. The van der Waals surface area contributed by atoms with Crippen LogP contribution in [0.25, 0.3) is 6.08 Å². The minimum absolute atomic E-state index is 0.192. The van der Waals surface area contributed by atoms with Gasteiger partial charge in [0.05, 0.1) is 6.54 Å². The lowest BCUT2D eigenvalue weighted by atomic mass is 10.2. The molecule has 2 aromatic carbocycles. The van der Waals surface area contributed by atoms with Gasteiger partial charge >= 0.3 is 0 Å². The van der Waals surface area contributed by atoms with E-state index in [0.717, 1.165) is 11.3 Å². The van der Waals surface area contributed by atoms with Crippen LogP contribution in [0.4, 0.5) is 0 Å². The van der Waals surface area contributed by atoms with Gasteiger partial charge in [0.15, 0.2) is 5.76 Å². The summed E-state index contributed by atoms with van der Waals surface area (Å²) in [7, 11) is 0. The first-order valence-corrected chi connectivity index (χ1v) is 7.93. The van der Waals surface area contributed by atoms with Crippen LogP contribution in [-0.2, 0) is 17.9 Å². The molecule has 1 amide bonds. The van der Waals surface area contributed by atoms with Crippen LogP contribution < -0.4 is 10.1 Å². The molecule has 5 heteroatoms. The fraction of sp³-hybridized carbons (Fsp3) is 0.100. The normalized spacial score (nSPS) is 10.7. The van der Waals surface area contributed by atoms with E-state index in [4.69, 9.17) is 9.26 Å². The fourth-order valence-electron chi connectivity index (χ4n) is 2.15. The van der Waals surface area contributed by atoms with Gasteiger partial charge in [-0.2, -0.15) is 0 Å². The molecule has 3 rings (SSSR count). The Hall–Kier alpha value is -3.34. The highest BCUT2D eigenvalue weighted by Crippen LogP contribution is 2.12. The number of hydrogen-bond acceptors (Lipinski definition) is 4. The van der Waals surface area contributed by atoms with Crippen molar-refractivity contribution < 1.29 is 14.1 Å². The standard InChI is InChI=1S/C20H18N2O3/c23-20(12-11-16-7-3-1-4-8-16)21-14-19-13-17(22-25-19)15-24-18-9-5-2-6-10-18/h1-13H,14-15H2,(H,21,23)/b12-11+. The van der Waals surface area contributed by atoms with E-state index in [2.05, 4.69) is 10.5 Å². The molecule has 1 heterocycles. The summed E-state index contributed by atoms with van der Waals surface area (Å²) < 4.78 is 10.8. The summed E-state index contributed by atoms with van der Waals surface area (Å²) in [5.74, 6) is 1.15. The van der Waals surface area contributed by atoms with Gasteiger partial charge in [-0.3, -0.25) is 4.79 Å². The van der Waals surface area contributed by atoms with Crippen LogP contribution in [0.15, 0.2) is 77.3 Å². The molecule has 25 heavy (non-hydrogen) atoms. The number of nitrogens with one attached hydrogen (secondary N) is 1. The van der Waals surface area contributed by atoms with Crippen molar-refractivity contribution in [2.24, 2.45) is 0 Å². The van der Waals surface area contributed by atoms with Crippen LogP contribution in [-0.4, -0.2) is 11.1 Å². The number of para-hydroxylation sites is 1. The molecule has 0 saturated carbocycles. The van der Waals surface area contributed by atoms with Crippen LogP contribution in [0.2, 0.25) is 0 Å². The number of rotatable bonds is 7. The summed E-state index contributed by atoms with van der Waals surface area (Å²) in [5, 5.41) is 6.69. The largest absolute Gasteiger partial charge is 0.487 e. The lowest BCUT2D eigenvalue weighted by Crippen LogP contribution is -2.19. The van der Waals surface area contributed by atoms with Crippen molar-refractivity contribution in [2.75, 3.05) is 0 Å². The molecule has 3 aromatic rings. The number of benzene rings is 2. The van der Waals surface area contributed by atoms with Crippen molar-refractivity contribution in [1.29, 1.82) is 0 Å². The Morgan fingerprint density at radius 1 is 1.08 bits per heavy atom. The SMILES string of the molecule is O=C(/C=C/c1ccccc1)NCc1cc(COc2ccccc2)no1. The fourth-order valence-corrected chi connectivity index (χ4v) is 2.15. The van der Waals surface area contributed by atoms with Gasteiger partial charge in [0.1, 0.15) is 18.1 Å². The van der Waals surface area contributed by atoms with E-state index >= 15 is 0 Å². The van der Waals surface area contributed by atoms with Crippen molar-refractivity contribution in [3.63, 3.8) is 0 Å². The maximum absolute atomic E-state index is 11.8. The number of carbonyl (C=O) groups excluding carboxylic acids is 1. The zero-order valence-electron chi connectivity index (χ0n) is 13.6. The molecule has 5 nitrogen and oxygen atoms in total. The lowest BCUT2D eigenvalue weighted by molar-refractivity contribution is -0.116. The predicted molar refractivity (Wildman–Crippen MR) is 94.6 cm³/mol. The zero-order valence-corrected chi connectivity index (χ0v) is 13.6. The molecule has 0 spiro atoms. The Balaban J connectivity index is 1.45. The van der Waals surface area contributed by atoms with Crippen molar-refractivity contribution in [3.8, 4) is 5.75 Å². The number of hydrogen-bond donors (Lipinski definition) is 1. The third-order valence-electron chi connectivity index (χ3n) is 3.40. The van der Waals surface area contributed by atoms with Gasteiger partial charge in [-0.1, -0.05) is 53.7 Å². The minimum atomic E-state index is -0.192. The van der Waals surface area contributed by atoms with Gasteiger partial charge in [0, 0.05) is 12.1 Å². The first-order chi connectivity index (χ1) is 12.3. The average Bonchev–Trinajstić information content (AvgIpc) is 3.13. The van der Waals surface area contributed by atoms with Crippen LogP contribution in [0.3, 0.4) is 0 Å². The van der Waals surface area contributed by atoms with Crippen molar-refractivity contribution in [2.45, 2.75) is 13.2 Å². The Morgan fingerprint density at radius 2 is 1.80 bits per heavy atom. The molecule has 126 valence electrons. The highest BCUT2D eigenvalue weighted by atomic mass is 16.5. The molecule has 0 unspecified atom stereocenters. The van der Waals surface area contributed by atoms with Crippen molar-refractivity contribution >= 4 is 12.0 Å². The average molecular weight is 334 g/mol. The molecule has 0 aliphatic carbocycles. The molecular weight excluding hydrogens is 316 g/mol. The van der Waals surface area contributed by atoms with Crippen molar-refractivity contribution in [1.82, 2.24) is 10.5 Å². The van der Waals surface area contributed by atoms with Gasteiger partial charge in [-0.05, 0) is 23.8 Å². The van der Waals surface area contributed by atoms with Crippen LogP contribution in [0.1, 0.15) is 17.0 Å². The van der Waals surface area contributed by atoms with E-state index in [1.165, 1.54) is 6.08 Å².